The van der Waals surface area contributed by atoms with Crippen molar-refractivity contribution in [2.24, 2.45) is 5.73 Å². The lowest BCUT2D eigenvalue weighted by molar-refractivity contribution is 0.00740. The van der Waals surface area contributed by atoms with Gasteiger partial charge in [-0.1, -0.05) is 20.8 Å². The van der Waals surface area contributed by atoms with Crippen molar-refractivity contribution in [2.45, 2.75) is 51.6 Å². The van der Waals surface area contributed by atoms with Crippen molar-refractivity contribution in [1.29, 1.82) is 0 Å². The van der Waals surface area contributed by atoms with Crippen molar-refractivity contribution in [3.63, 3.8) is 0 Å². The summed E-state index contributed by atoms with van der Waals surface area (Å²) in [6.07, 6.45) is 3.57. The van der Waals surface area contributed by atoms with Crippen molar-refractivity contribution < 1.29 is 0 Å². The smallest absolute Gasteiger partial charge is 0.0327 e. The van der Waals surface area contributed by atoms with Gasteiger partial charge in [-0.3, -0.25) is 4.90 Å². The fraction of sp³-hybridized carbons (Fsp3) is 1.00. The van der Waals surface area contributed by atoms with E-state index < -0.39 is 0 Å². The van der Waals surface area contributed by atoms with E-state index in [1.54, 1.807) is 0 Å². The van der Waals surface area contributed by atoms with Crippen molar-refractivity contribution >= 4 is 0 Å². The quantitative estimate of drug-likeness (QED) is 0.773. The van der Waals surface area contributed by atoms with Gasteiger partial charge in [-0.15, -0.1) is 0 Å². The van der Waals surface area contributed by atoms with Gasteiger partial charge in [-0.05, 0) is 26.3 Å². The summed E-state index contributed by atoms with van der Waals surface area (Å²) in [6, 6.07) is 0.706. The molecule has 0 saturated carbocycles. The summed E-state index contributed by atoms with van der Waals surface area (Å²) in [7, 11) is 2.24. The minimum atomic E-state index is 0.245. The zero-order valence-electron chi connectivity index (χ0n) is 11.5. The predicted molar refractivity (Wildman–Crippen MR) is 70.6 cm³/mol. The molecular formula is C13H29N3. The molecule has 0 bridgehead atoms. The number of rotatable bonds is 5. The monoisotopic (exact) mass is 227 g/mol. The Kier molecular flexibility index (Phi) is 5.22. The lowest BCUT2D eigenvalue weighted by Crippen LogP contribution is -2.62. The molecule has 3 nitrogen and oxygen atoms in total. The molecule has 3 heteroatoms. The summed E-state index contributed by atoms with van der Waals surface area (Å²) in [5.74, 6) is 0. The maximum Gasteiger partial charge on any atom is 0.0327 e. The average molecular weight is 227 g/mol. The highest BCUT2D eigenvalue weighted by molar-refractivity contribution is 4.94. The van der Waals surface area contributed by atoms with Gasteiger partial charge >= 0.3 is 0 Å². The van der Waals surface area contributed by atoms with Crippen molar-refractivity contribution in [3.05, 3.63) is 0 Å². The van der Waals surface area contributed by atoms with Crippen LogP contribution in [0.5, 0.6) is 0 Å². The first-order valence-electron chi connectivity index (χ1n) is 6.78. The highest BCUT2D eigenvalue weighted by Gasteiger charge is 2.36. The fourth-order valence-corrected chi connectivity index (χ4v) is 2.93. The van der Waals surface area contributed by atoms with Gasteiger partial charge in [0.05, 0.1) is 0 Å². The Morgan fingerprint density at radius 2 is 1.81 bits per heavy atom. The van der Waals surface area contributed by atoms with Gasteiger partial charge in [-0.2, -0.15) is 0 Å². The van der Waals surface area contributed by atoms with E-state index in [2.05, 4.69) is 37.6 Å². The maximum absolute atomic E-state index is 6.03. The first-order valence-corrected chi connectivity index (χ1v) is 6.78. The van der Waals surface area contributed by atoms with Gasteiger partial charge in [0.25, 0.3) is 0 Å². The van der Waals surface area contributed by atoms with Gasteiger partial charge in [0.1, 0.15) is 0 Å². The van der Waals surface area contributed by atoms with Crippen LogP contribution >= 0.6 is 0 Å². The SMILES string of the molecule is CCC1CN(C(CC)(CC)CN)CCN1C. The zero-order valence-corrected chi connectivity index (χ0v) is 11.5. The summed E-state index contributed by atoms with van der Waals surface area (Å²) in [5, 5.41) is 0. The predicted octanol–water partition coefficient (Wildman–Crippen LogP) is 1.53. The lowest BCUT2D eigenvalue weighted by Gasteiger charge is -2.49. The first kappa shape index (κ1) is 13.9. The Morgan fingerprint density at radius 3 is 2.25 bits per heavy atom. The van der Waals surface area contributed by atoms with Crippen LogP contribution in [0, 0.1) is 0 Å². The number of likely N-dealkylation sites (N-methyl/N-ethyl adjacent to an activating group) is 1. The van der Waals surface area contributed by atoms with E-state index in [4.69, 9.17) is 5.73 Å². The number of nitrogens with zero attached hydrogens (tertiary/aromatic N) is 2. The van der Waals surface area contributed by atoms with Gasteiger partial charge in [0.2, 0.25) is 0 Å². The molecule has 0 spiro atoms. The summed E-state index contributed by atoms with van der Waals surface area (Å²) < 4.78 is 0. The summed E-state index contributed by atoms with van der Waals surface area (Å²) in [4.78, 5) is 5.13. The van der Waals surface area contributed by atoms with Crippen molar-refractivity contribution in [2.75, 3.05) is 33.2 Å². The Labute approximate surface area is 101 Å². The van der Waals surface area contributed by atoms with Crippen LogP contribution in [0.1, 0.15) is 40.0 Å². The third-order valence-corrected chi connectivity index (χ3v) is 4.62. The van der Waals surface area contributed by atoms with Crippen LogP contribution in [0.3, 0.4) is 0 Å². The van der Waals surface area contributed by atoms with E-state index >= 15 is 0 Å². The summed E-state index contributed by atoms with van der Waals surface area (Å²) in [6.45, 7) is 11.2. The van der Waals surface area contributed by atoms with E-state index in [1.165, 1.54) is 38.9 Å². The average Bonchev–Trinajstić information content (AvgIpc) is 2.33. The largest absolute Gasteiger partial charge is 0.329 e. The second kappa shape index (κ2) is 5.99. The molecule has 2 N–H and O–H groups in total. The molecule has 1 unspecified atom stereocenters. The molecule has 1 atom stereocenters. The molecule has 1 aliphatic heterocycles. The van der Waals surface area contributed by atoms with Crippen LogP contribution in [-0.4, -0.2) is 54.6 Å². The maximum atomic E-state index is 6.03. The van der Waals surface area contributed by atoms with E-state index in [1.807, 2.05) is 0 Å². The molecule has 1 rings (SSSR count). The van der Waals surface area contributed by atoms with Gasteiger partial charge < -0.3 is 10.6 Å². The van der Waals surface area contributed by atoms with E-state index in [0.29, 0.717) is 6.04 Å². The van der Waals surface area contributed by atoms with Crippen molar-refractivity contribution in [1.82, 2.24) is 9.80 Å². The van der Waals surface area contributed by atoms with Crippen LogP contribution in [-0.2, 0) is 0 Å². The number of nitrogens with two attached hydrogens (primary N) is 1. The molecule has 0 amide bonds. The highest BCUT2D eigenvalue weighted by Crippen LogP contribution is 2.26. The first-order chi connectivity index (χ1) is 7.63. The molecule has 0 aromatic carbocycles. The Bertz CT molecular complexity index is 193. The topological polar surface area (TPSA) is 32.5 Å². The van der Waals surface area contributed by atoms with Crippen LogP contribution in [0.4, 0.5) is 0 Å². The normalized spacial score (nSPS) is 24.9. The minimum Gasteiger partial charge on any atom is -0.329 e. The van der Waals surface area contributed by atoms with Gasteiger partial charge in [0, 0.05) is 37.8 Å². The van der Waals surface area contributed by atoms with Crippen LogP contribution in [0.25, 0.3) is 0 Å². The molecule has 0 aromatic rings. The summed E-state index contributed by atoms with van der Waals surface area (Å²) >= 11 is 0. The number of piperazine rings is 1. The zero-order chi connectivity index (χ0) is 12.2. The molecule has 0 radical (unpaired) electrons. The molecule has 96 valence electrons. The third kappa shape index (κ3) is 2.58. The molecule has 0 aliphatic carbocycles. The lowest BCUT2D eigenvalue weighted by atomic mass is 9.89. The van der Waals surface area contributed by atoms with E-state index in [-0.39, 0.29) is 5.54 Å². The highest BCUT2D eigenvalue weighted by atomic mass is 15.3. The molecule has 1 fully saturated rings. The van der Waals surface area contributed by atoms with Crippen LogP contribution in [0.15, 0.2) is 0 Å². The second-order valence-electron chi connectivity index (χ2n) is 5.12. The van der Waals surface area contributed by atoms with Crippen molar-refractivity contribution in [3.8, 4) is 0 Å². The molecule has 1 saturated heterocycles. The molecule has 16 heavy (non-hydrogen) atoms. The fourth-order valence-electron chi connectivity index (χ4n) is 2.93. The molecule has 0 aromatic heterocycles. The van der Waals surface area contributed by atoms with Crippen LogP contribution in [0.2, 0.25) is 0 Å². The summed E-state index contributed by atoms with van der Waals surface area (Å²) in [5.41, 5.74) is 6.27. The molecule has 1 aliphatic rings. The van der Waals surface area contributed by atoms with Gasteiger partial charge in [0.15, 0.2) is 0 Å². The Balaban J connectivity index is 2.72. The van der Waals surface area contributed by atoms with Gasteiger partial charge in [-0.25, -0.2) is 0 Å². The molecular weight excluding hydrogens is 198 g/mol. The van der Waals surface area contributed by atoms with E-state index in [9.17, 15) is 0 Å². The second-order valence-corrected chi connectivity index (χ2v) is 5.12. The Morgan fingerprint density at radius 1 is 1.19 bits per heavy atom. The number of hydrogen-bond donors (Lipinski definition) is 1. The minimum absolute atomic E-state index is 0.245. The number of hydrogen-bond acceptors (Lipinski definition) is 3. The third-order valence-electron chi connectivity index (χ3n) is 4.62. The van der Waals surface area contributed by atoms with Crippen LogP contribution < -0.4 is 5.73 Å². The molecule has 1 heterocycles. The van der Waals surface area contributed by atoms with E-state index in [0.717, 1.165) is 6.54 Å². The Hall–Kier alpha value is -0.120. The standard InChI is InChI=1S/C13H29N3/c1-5-12-10-16(9-8-15(12)4)13(6-2,7-3)11-14/h12H,5-11,14H2,1-4H3.